The van der Waals surface area contributed by atoms with Crippen molar-refractivity contribution in [3.05, 3.63) is 67.3 Å². The topological polar surface area (TPSA) is 157 Å². The summed E-state index contributed by atoms with van der Waals surface area (Å²) in [5, 5.41) is 3.54. The molecule has 13 heteroatoms. The van der Waals surface area contributed by atoms with E-state index in [0.29, 0.717) is 34.5 Å². The third-order valence-electron chi connectivity index (χ3n) is 8.12. The van der Waals surface area contributed by atoms with E-state index < -0.39 is 47.3 Å². The number of methoxy groups -OCH3 is 1. The van der Waals surface area contributed by atoms with E-state index in [9.17, 15) is 19.2 Å². The maximum absolute atomic E-state index is 13.9. The Kier molecular flexibility index (Phi) is 9.78. The number of carbonyl (C=O) groups excluding carboxylic acids is 4. The molecule has 0 radical (unpaired) electrons. The van der Waals surface area contributed by atoms with Crippen LogP contribution >= 0.6 is 0 Å². The standard InChI is InChI=1S/C35H41N5O8/c1-7-22-19-35(22,31(42)46-8-2)37-30(41)28-17-24(20-40(28)32(43)38-39-33(44)48-34(3,4)5)47-29-18-26(21-12-10-9-11-13-21)36-27-16-23(45-6)14-15-25(27)29/h7,9-16,18,22,24,28H,1,8,17,19-20H2,2-6H3,(H,37,41)(H,38,43)(H,39,44)/t22-,24-,28-,35-/m1/s1. The molecule has 13 nitrogen and oxygen atoms in total. The summed E-state index contributed by atoms with van der Waals surface area (Å²) in [5.41, 5.74) is 4.66. The molecule has 3 N–H and O–H groups in total. The van der Waals surface area contributed by atoms with Crippen molar-refractivity contribution in [1.29, 1.82) is 0 Å². The number of nitrogens with zero attached hydrogens (tertiary/aromatic N) is 2. The quantitative estimate of drug-likeness (QED) is 0.171. The number of rotatable bonds is 9. The SMILES string of the molecule is C=C[C@@H]1C[C@]1(NC(=O)[C@H]1C[C@@H](Oc2cc(-c3ccccc3)nc3cc(OC)ccc23)CN1C(=O)NNC(=O)OC(C)(C)C)C(=O)OCC. The molecule has 2 aromatic carbocycles. The number of esters is 1. The molecule has 0 bridgehead atoms. The molecule has 0 spiro atoms. The highest BCUT2D eigenvalue weighted by Crippen LogP contribution is 2.46. The first kappa shape index (κ1) is 34.0. The maximum Gasteiger partial charge on any atom is 0.426 e. The molecule has 5 rings (SSSR count). The Bertz CT molecular complexity index is 1710. The van der Waals surface area contributed by atoms with E-state index in [4.69, 9.17) is 23.9 Å². The van der Waals surface area contributed by atoms with E-state index in [0.717, 1.165) is 5.56 Å². The summed E-state index contributed by atoms with van der Waals surface area (Å²) < 4.78 is 22.4. The highest BCUT2D eigenvalue weighted by molar-refractivity contribution is 5.95. The molecule has 2 heterocycles. The zero-order chi connectivity index (χ0) is 34.6. The minimum Gasteiger partial charge on any atom is -0.497 e. The average Bonchev–Trinajstić information content (AvgIpc) is 3.61. The second-order valence-electron chi connectivity index (χ2n) is 12.7. The first-order chi connectivity index (χ1) is 22.9. The molecule has 4 atom stereocenters. The number of amides is 4. The van der Waals surface area contributed by atoms with Crippen molar-refractivity contribution in [3.63, 3.8) is 0 Å². The van der Waals surface area contributed by atoms with E-state index in [2.05, 4.69) is 22.7 Å². The third-order valence-corrected chi connectivity index (χ3v) is 8.12. The van der Waals surface area contributed by atoms with Gasteiger partial charge < -0.3 is 29.2 Å². The van der Waals surface area contributed by atoms with Crippen molar-refractivity contribution in [2.75, 3.05) is 20.3 Å². The van der Waals surface area contributed by atoms with Gasteiger partial charge in [0.2, 0.25) is 5.91 Å². The van der Waals surface area contributed by atoms with Crippen molar-refractivity contribution in [3.8, 4) is 22.8 Å². The van der Waals surface area contributed by atoms with Gasteiger partial charge in [-0.3, -0.25) is 4.79 Å². The Hall–Kier alpha value is -5.33. The minimum absolute atomic E-state index is 0.0160. The largest absolute Gasteiger partial charge is 0.497 e. The van der Waals surface area contributed by atoms with Gasteiger partial charge in [-0.2, -0.15) is 0 Å². The maximum atomic E-state index is 13.9. The van der Waals surface area contributed by atoms with Crippen molar-refractivity contribution >= 4 is 34.9 Å². The fraction of sp³-hybridized carbons (Fsp3) is 0.400. The summed E-state index contributed by atoms with van der Waals surface area (Å²) in [6.45, 7) is 10.7. The fourth-order valence-electron chi connectivity index (χ4n) is 5.74. The number of hydrazine groups is 1. The molecule has 1 saturated carbocycles. The number of benzene rings is 2. The van der Waals surface area contributed by atoms with Gasteiger partial charge in [0.05, 0.1) is 31.5 Å². The molecule has 2 aliphatic rings. The summed E-state index contributed by atoms with van der Waals surface area (Å²) in [5.74, 6) is -0.333. The summed E-state index contributed by atoms with van der Waals surface area (Å²) in [7, 11) is 1.58. The lowest BCUT2D eigenvalue weighted by Gasteiger charge is -2.26. The van der Waals surface area contributed by atoms with Crippen LogP contribution in [-0.4, -0.2) is 77.4 Å². The van der Waals surface area contributed by atoms with Gasteiger partial charge in [0.1, 0.15) is 34.8 Å². The van der Waals surface area contributed by atoms with Crippen molar-refractivity contribution in [1.82, 2.24) is 26.1 Å². The number of urea groups is 1. The van der Waals surface area contributed by atoms with E-state index in [-0.39, 0.29) is 25.5 Å². The Labute approximate surface area is 278 Å². The average molecular weight is 660 g/mol. The van der Waals surface area contributed by atoms with Gasteiger partial charge in [-0.15, -0.1) is 6.58 Å². The Balaban J connectivity index is 1.43. The molecular formula is C35H41N5O8. The molecule has 1 saturated heterocycles. The predicted molar refractivity (Wildman–Crippen MR) is 177 cm³/mol. The number of ether oxygens (including phenoxy) is 4. The fourth-order valence-corrected chi connectivity index (χ4v) is 5.74. The Morgan fingerprint density at radius 1 is 1.08 bits per heavy atom. The molecule has 2 fully saturated rings. The molecule has 1 aromatic heterocycles. The summed E-state index contributed by atoms with van der Waals surface area (Å²) in [6, 6.07) is 15.1. The highest BCUT2D eigenvalue weighted by Gasteiger charge is 2.62. The lowest BCUT2D eigenvalue weighted by molar-refractivity contribution is -0.149. The van der Waals surface area contributed by atoms with E-state index in [1.165, 1.54) is 4.90 Å². The van der Waals surface area contributed by atoms with Crippen LogP contribution in [0, 0.1) is 5.92 Å². The number of fused-ring (bicyclic) bond motifs is 1. The van der Waals surface area contributed by atoms with Gasteiger partial charge in [-0.1, -0.05) is 36.4 Å². The number of hydrogen-bond acceptors (Lipinski definition) is 9. The van der Waals surface area contributed by atoms with Crippen molar-refractivity contribution in [2.24, 2.45) is 5.92 Å². The van der Waals surface area contributed by atoms with Crippen molar-refractivity contribution in [2.45, 2.75) is 63.8 Å². The first-order valence-corrected chi connectivity index (χ1v) is 15.8. The molecular weight excluding hydrogens is 618 g/mol. The van der Waals surface area contributed by atoms with E-state index in [1.54, 1.807) is 46.9 Å². The molecule has 3 aromatic rings. The zero-order valence-corrected chi connectivity index (χ0v) is 27.7. The number of aromatic nitrogens is 1. The third kappa shape index (κ3) is 7.45. The van der Waals surface area contributed by atoms with Crippen LogP contribution in [-0.2, 0) is 19.1 Å². The second-order valence-corrected chi connectivity index (χ2v) is 12.7. The number of likely N-dealkylation sites (tertiary alicyclic amines) is 1. The summed E-state index contributed by atoms with van der Waals surface area (Å²) in [6.07, 6.45) is 0.487. The monoisotopic (exact) mass is 659 g/mol. The Morgan fingerprint density at radius 2 is 1.83 bits per heavy atom. The van der Waals surface area contributed by atoms with E-state index >= 15 is 0 Å². The molecule has 48 heavy (non-hydrogen) atoms. The van der Waals surface area contributed by atoms with E-state index in [1.807, 2.05) is 48.5 Å². The highest BCUT2D eigenvalue weighted by atomic mass is 16.6. The lowest BCUT2D eigenvalue weighted by atomic mass is 10.1. The van der Waals surface area contributed by atoms with Crippen molar-refractivity contribution < 1.29 is 38.1 Å². The molecule has 1 aliphatic heterocycles. The number of carbonyl (C=O) groups is 4. The molecule has 1 aliphatic carbocycles. The van der Waals surface area contributed by atoms with Gasteiger partial charge in [-0.05, 0) is 46.2 Å². The molecule has 4 amide bonds. The van der Waals surface area contributed by atoms with Gasteiger partial charge >= 0.3 is 18.1 Å². The minimum atomic E-state index is -1.27. The van der Waals surface area contributed by atoms with Crippen LogP contribution in [0.4, 0.5) is 9.59 Å². The van der Waals surface area contributed by atoms with Crippen LogP contribution in [0.2, 0.25) is 0 Å². The van der Waals surface area contributed by atoms with Crippen LogP contribution in [0.1, 0.15) is 40.5 Å². The normalized spacial score (nSPS) is 21.5. The molecule has 0 unspecified atom stereocenters. The first-order valence-electron chi connectivity index (χ1n) is 15.8. The zero-order valence-electron chi connectivity index (χ0n) is 27.7. The smallest absolute Gasteiger partial charge is 0.426 e. The van der Waals surface area contributed by atoms with Crippen LogP contribution in [0.3, 0.4) is 0 Å². The van der Waals surface area contributed by atoms with Crippen LogP contribution in [0.15, 0.2) is 67.3 Å². The number of nitrogens with one attached hydrogen (secondary N) is 3. The van der Waals surface area contributed by atoms with Crippen LogP contribution < -0.4 is 25.6 Å². The van der Waals surface area contributed by atoms with Crippen LogP contribution in [0.25, 0.3) is 22.2 Å². The van der Waals surface area contributed by atoms with Gasteiger partial charge in [0.15, 0.2) is 0 Å². The second kappa shape index (κ2) is 13.8. The summed E-state index contributed by atoms with van der Waals surface area (Å²) >= 11 is 0. The predicted octanol–water partition coefficient (Wildman–Crippen LogP) is 4.51. The molecule has 254 valence electrons. The number of hydrogen-bond donors (Lipinski definition) is 3. The van der Waals surface area contributed by atoms with Gasteiger partial charge in [-0.25, -0.2) is 30.2 Å². The number of pyridine rings is 1. The van der Waals surface area contributed by atoms with Gasteiger partial charge in [0, 0.05) is 35.4 Å². The Morgan fingerprint density at radius 3 is 2.48 bits per heavy atom. The summed E-state index contributed by atoms with van der Waals surface area (Å²) in [4.78, 5) is 58.6. The van der Waals surface area contributed by atoms with Crippen LogP contribution in [0.5, 0.6) is 11.5 Å². The van der Waals surface area contributed by atoms with Gasteiger partial charge in [0.25, 0.3) is 0 Å². The lowest BCUT2D eigenvalue weighted by Crippen LogP contribution is -2.57.